The largest absolute Gasteiger partial charge is 0.494 e. The van der Waals surface area contributed by atoms with Crippen LogP contribution in [0.2, 0.25) is 0 Å². The maximum absolute atomic E-state index is 14.2. The number of carbonyl (C=O) groups excluding carboxylic acids is 2. The highest BCUT2D eigenvalue weighted by Gasteiger charge is 2.25. The van der Waals surface area contributed by atoms with E-state index in [0.29, 0.717) is 54.9 Å². The van der Waals surface area contributed by atoms with E-state index in [-0.39, 0.29) is 24.8 Å². The van der Waals surface area contributed by atoms with Gasteiger partial charge in [0.15, 0.2) is 0 Å². The zero-order valence-corrected chi connectivity index (χ0v) is 26.2. The van der Waals surface area contributed by atoms with E-state index < -0.39 is 5.97 Å². The number of carbonyl (C=O) groups is 3. The van der Waals surface area contributed by atoms with Crippen LogP contribution in [0.15, 0.2) is 103 Å². The summed E-state index contributed by atoms with van der Waals surface area (Å²) in [7, 11) is 0. The summed E-state index contributed by atoms with van der Waals surface area (Å²) >= 11 is 0. The van der Waals surface area contributed by atoms with Crippen LogP contribution in [0.3, 0.4) is 0 Å². The Morgan fingerprint density at radius 2 is 1.24 bits per heavy atom. The first kappa shape index (κ1) is 33.0. The fraction of sp³-hybridized carbons (Fsp3) is 0.289. The summed E-state index contributed by atoms with van der Waals surface area (Å²) in [6.07, 6.45) is 2.16. The average molecular weight is 607 g/mol. The summed E-state index contributed by atoms with van der Waals surface area (Å²) in [5.41, 5.74) is 4.24. The molecule has 0 aliphatic heterocycles. The van der Waals surface area contributed by atoms with Gasteiger partial charge in [-0.3, -0.25) is 14.4 Å². The molecular formula is C38H42N2O5. The van der Waals surface area contributed by atoms with Crippen molar-refractivity contribution in [3.05, 3.63) is 125 Å². The maximum Gasteiger partial charge on any atom is 0.305 e. The second-order valence-electron chi connectivity index (χ2n) is 10.9. The number of benzene rings is 4. The van der Waals surface area contributed by atoms with Crippen LogP contribution in [0, 0.1) is 0 Å². The SMILES string of the molecule is CCCCN(Cc1ccccc1)C(=O)c1ccccc1-c1ccccc1C(=O)N(CCC(=O)O)CCc1ccccc1OCC. The van der Waals surface area contributed by atoms with Gasteiger partial charge in [0, 0.05) is 37.3 Å². The lowest BCUT2D eigenvalue weighted by Gasteiger charge is -2.26. The van der Waals surface area contributed by atoms with E-state index >= 15 is 0 Å². The highest BCUT2D eigenvalue weighted by atomic mass is 16.5. The molecule has 7 nitrogen and oxygen atoms in total. The Morgan fingerprint density at radius 3 is 1.87 bits per heavy atom. The van der Waals surface area contributed by atoms with Crippen LogP contribution in [0.1, 0.15) is 65.0 Å². The summed E-state index contributed by atoms with van der Waals surface area (Å²) in [6, 6.07) is 32.3. The fourth-order valence-electron chi connectivity index (χ4n) is 5.36. The lowest BCUT2D eigenvalue weighted by Crippen LogP contribution is -2.35. The van der Waals surface area contributed by atoms with E-state index in [0.717, 1.165) is 29.7 Å². The molecule has 0 bridgehead atoms. The molecule has 0 radical (unpaired) electrons. The summed E-state index contributed by atoms with van der Waals surface area (Å²) in [6.45, 7) is 6.02. The van der Waals surface area contributed by atoms with E-state index in [9.17, 15) is 19.5 Å². The fourth-order valence-corrected chi connectivity index (χ4v) is 5.36. The van der Waals surface area contributed by atoms with Gasteiger partial charge in [0.05, 0.1) is 13.0 Å². The van der Waals surface area contributed by atoms with E-state index in [1.54, 1.807) is 17.0 Å². The Morgan fingerprint density at radius 1 is 0.667 bits per heavy atom. The molecule has 4 aromatic rings. The number of carboxylic acid groups (broad SMARTS) is 1. The molecule has 0 aromatic heterocycles. The third-order valence-electron chi connectivity index (χ3n) is 7.70. The van der Waals surface area contributed by atoms with Crippen molar-refractivity contribution in [2.24, 2.45) is 0 Å². The molecule has 0 heterocycles. The van der Waals surface area contributed by atoms with Gasteiger partial charge in [-0.2, -0.15) is 0 Å². The van der Waals surface area contributed by atoms with E-state index in [4.69, 9.17) is 4.74 Å². The number of ether oxygens (including phenoxy) is 1. The Labute approximate surface area is 266 Å². The third kappa shape index (κ3) is 9.05. The van der Waals surface area contributed by atoms with Crippen molar-refractivity contribution < 1.29 is 24.2 Å². The minimum atomic E-state index is -0.975. The number of para-hydroxylation sites is 1. The van der Waals surface area contributed by atoms with Gasteiger partial charge in [0.1, 0.15) is 5.75 Å². The maximum atomic E-state index is 14.2. The lowest BCUT2D eigenvalue weighted by atomic mass is 9.93. The van der Waals surface area contributed by atoms with E-state index in [1.807, 2.05) is 103 Å². The number of rotatable bonds is 16. The molecule has 45 heavy (non-hydrogen) atoms. The molecule has 0 aliphatic carbocycles. The minimum Gasteiger partial charge on any atom is -0.494 e. The first-order valence-electron chi connectivity index (χ1n) is 15.7. The van der Waals surface area contributed by atoms with E-state index in [1.165, 1.54) is 0 Å². The van der Waals surface area contributed by atoms with Crippen molar-refractivity contribution in [3.63, 3.8) is 0 Å². The van der Waals surface area contributed by atoms with Crippen LogP contribution in [0.4, 0.5) is 0 Å². The van der Waals surface area contributed by atoms with Crippen LogP contribution in [-0.4, -0.2) is 58.9 Å². The van der Waals surface area contributed by atoms with Gasteiger partial charge in [0.25, 0.3) is 11.8 Å². The average Bonchev–Trinajstić information content (AvgIpc) is 3.07. The predicted molar refractivity (Wildman–Crippen MR) is 177 cm³/mol. The van der Waals surface area contributed by atoms with Crippen LogP contribution >= 0.6 is 0 Å². The smallest absolute Gasteiger partial charge is 0.305 e. The van der Waals surface area contributed by atoms with Crippen LogP contribution in [0.5, 0.6) is 5.75 Å². The van der Waals surface area contributed by atoms with Gasteiger partial charge in [0.2, 0.25) is 0 Å². The number of hydrogen-bond acceptors (Lipinski definition) is 4. The number of amides is 2. The first-order valence-corrected chi connectivity index (χ1v) is 15.7. The molecule has 0 unspecified atom stereocenters. The Kier molecular flexibility index (Phi) is 12.3. The van der Waals surface area contributed by atoms with Crippen LogP contribution in [-0.2, 0) is 17.8 Å². The standard InChI is InChI=1S/C38H42N2O5/c1-3-5-25-40(28-29-15-7-6-8-16-29)38(44)34-21-13-11-19-32(34)31-18-10-12-20-33(31)37(43)39(27-24-36(41)42)26-23-30-17-9-14-22-35(30)45-4-2/h6-22H,3-5,23-28H2,1-2H3,(H,41,42). The van der Waals surface area contributed by atoms with Gasteiger partial charge in [-0.1, -0.05) is 98.3 Å². The van der Waals surface area contributed by atoms with Gasteiger partial charge in [-0.25, -0.2) is 0 Å². The molecule has 0 fully saturated rings. The first-order chi connectivity index (χ1) is 21.9. The topological polar surface area (TPSA) is 87.2 Å². The zero-order chi connectivity index (χ0) is 32.0. The summed E-state index contributed by atoms with van der Waals surface area (Å²) in [4.78, 5) is 43.3. The van der Waals surface area contributed by atoms with Gasteiger partial charge in [-0.15, -0.1) is 0 Å². The molecule has 0 saturated heterocycles. The lowest BCUT2D eigenvalue weighted by molar-refractivity contribution is -0.137. The Bertz CT molecular complexity index is 1570. The molecule has 4 aromatic carbocycles. The van der Waals surface area contributed by atoms with Crippen molar-refractivity contribution >= 4 is 17.8 Å². The third-order valence-corrected chi connectivity index (χ3v) is 7.70. The van der Waals surface area contributed by atoms with Gasteiger partial charge < -0.3 is 19.6 Å². The van der Waals surface area contributed by atoms with Gasteiger partial charge in [-0.05, 0) is 60.2 Å². The molecular weight excluding hydrogens is 564 g/mol. The number of hydrogen-bond donors (Lipinski definition) is 1. The van der Waals surface area contributed by atoms with Crippen molar-refractivity contribution in [2.45, 2.75) is 46.1 Å². The number of unbranched alkanes of at least 4 members (excludes halogenated alkanes) is 1. The molecule has 0 aliphatic rings. The monoisotopic (exact) mass is 606 g/mol. The predicted octanol–water partition coefficient (Wildman–Crippen LogP) is 7.35. The Balaban J connectivity index is 1.67. The molecule has 0 atom stereocenters. The molecule has 7 heteroatoms. The zero-order valence-electron chi connectivity index (χ0n) is 26.2. The van der Waals surface area contributed by atoms with Crippen molar-refractivity contribution in [3.8, 4) is 16.9 Å². The number of carboxylic acids is 1. The molecule has 1 N–H and O–H groups in total. The number of aliphatic carboxylic acids is 1. The van der Waals surface area contributed by atoms with E-state index in [2.05, 4.69) is 6.92 Å². The van der Waals surface area contributed by atoms with Gasteiger partial charge >= 0.3 is 5.97 Å². The van der Waals surface area contributed by atoms with Crippen LogP contribution in [0.25, 0.3) is 11.1 Å². The van der Waals surface area contributed by atoms with Crippen molar-refractivity contribution in [2.75, 3.05) is 26.2 Å². The van der Waals surface area contributed by atoms with Crippen molar-refractivity contribution in [1.82, 2.24) is 9.80 Å². The summed E-state index contributed by atoms with van der Waals surface area (Å²) < 4.78 is 5.77. The molecule has 234 valence electrons. The number of nitrogens with zero attached hydrogens (tertiary/aromatic N) is 2. The molecule has 0 spiro atoms. The quantitative estimate of drug-likeness (QED) is 0.144. The highest BCUT2D eigenvalue weighted by molar-refractivity contribution is 6.06. The second-order valence-corrected chi connectivity index (χ2v) is 10.9. The van der Waals surface area contributed by atoms with Crippen LogP contribution < -0.4 is 4.74 Å². The molecule has 2 amide bonds. The second kappa shape index (κ2) is 16.8. The molecule has 0 saturated carbocycles. The normalized spacial score (nSPS) is 10.7. The summed E-state index contributed by atoms with van der Waals surface area (Å²) in [5.74, 6) is -0.602. The highest BCUT2D eigenvalue weighted by Crippen LogP contribution is 2.30. The minimum absolute atomic E-state index is 0.0573. The summed E-state index contributed by atoms with van der Waals surface area (Å²) in [5, 5.41) is 9.46. The van der Waals surface area contributed by atoms with Crippen molar-refractivity contribution in [1.29, 1.82) is 0 Å². The molecule has 4 rings (SSSR count). The Hall–Kier alpha value is -4.91.